The second kappa shape index (κ2) is 8.05. The molecule has 0 amide bonds. The fraction of sp³-hybridized carbons (Fsp3) is 1.00. The predicted octanol–water partition coefficient (Wildman–Crippen LogP) is 2.35. The van der Waals surface area contributed by atoms with Crippen LogP contribution in [0.2, 0.25) is 0 Å². The fourth-order valence-corrected chi connectivity index (χ4v) is 0.973. The van der Waals surface area contributed by atoms with Crippen LogP contribution in [-0.2, 0) is 4.74 Å². The van der Waals surface area contributed by atoms with E-state index >= 15 is 0 Å². The lowest BCUT2D eigenvalue weighted by Crippen LogP contribution is -2.12. The summed E-state index contributed by atoms with van der Waals surface area (Å²) in [7, 11) is 1.87. The van der Waals surface area contributed by atoms with Crippen LogP contribution in [0.3, 0.4) is 0 Å². The number of hydrogen-bond acceptors (Lipinski definition) is 2. The van der Waals surface area contributed by atoms with Crippen LogP contribution >= 0.6 is 0 Å². The summed E-state index contributed by atoms with van der Waals surface area (Å²) < 4.78 is 39.8. The molecule has 0 heterocycles. The van der Waals surface area contributed by atoms with E-state index in [1.54, 1.807) is 0 Å². The average Bonchev–Trinajstić information content (AvgIpc) is 2.08. The first-order chi connectivity index (χ1) is 6.56. The third kappa shape index (κ3) is 11.7. The van der Waals surface area contributed by atoms with Crippen LogP contribution in [0.5, 0.6) is 0 Å². The molecule has 0 saturated carbocycles. The Morgan fingerprint density at radius 3 is 2.36 bits per heavy atom. The van der Waals surface area contributed by atoms with E-state index in [0.29, 0.717) is 6.61 Å². The lowest BCUT2D eigenvalue weighted by Gasteiger charge is -2.06. The highest BCUT2D eigenvalue weighted by Gasteiger charge is 2.26. The highest BCUT2D eigenvalue weighted by molar-refractivity contribution is 4.48. The molecule has 0 radical (unpaired) electrons. The molecule has 1 N–H and O–H groups in total. The number of hydrogen-bond donors (Lipinski definition) is 1. The van der Waals surface area contributed by atoms with Gasteiger partial charge in [-0.15, -0.1) is 0 Å². The zero-order chi connectivity index (χ0) is 10.9. The summed E-state index contributed by atoms with van der Waals surface area (Å²) in [6, 6.07) is 0. The van der Waals surface area contributed by atoms with Gasteiger partial charge in [0.25, 0.3) is 0 Å². The Bertz CT molecular complexity index is 128. The molecular weight excluding hydrogens is 195 g/mol. The SMILES string of the molecule is CNCCCCCOCCC(F)(F)F. The lowest BCUT2D eigenvalue weighted by atomic mass is 10.2. The van der Waals surface area contributed by atoms with Crippen LogP contribution in [0.4, 0.5) is 13.2 Å². The van der Waals surface area contributed by atoms with Crippen LogP contribution in [0, 0.1) is 0 Å². The molecule has 0 fully saturated rings. The molecule has 0 rings (SSSR count). The molecule has 0 aliphatic carbocycles. The maximum absolute atomic E-state index is 11.6. The molecule has 0 atom stereocenters. The highest BCUT2D eigenvalue weighted by atomic mass is 19.4. The Balaban J connectivity index is 2.99. The summed E-state index contributed by atoms with van der Waals surface area (Å²) in [4.78, 5) is 0. The first-order valence-electron chi connectivity index (χ1n) is 4.85. The normalized spacial score (nSPS) is 12.0. The van der Waals surface area contributed by atoms with Gasteiger partial charge in [-0.25, -0.2) is 0 Å². The van der Waals surface area contributed by atoms with E-state index in [4.69, 9.17) is 4.74 Å². The van der Waals surface area contributed by atoms with Crippen LogP contribution in [-0.4, -0.2) is 33.0 Å². The van der Waals surface area contributed by atoms with E-state index in [9.17, 15) is 13.2 Å². The van der Waals surface area contributed by atoms with Gasteiger partial charge in [0.05, 0.1) is 13.0 Å². The monoisotopic (exact) mass is 213 g/mol. The molecule has 86 valence electrons. The lowest BCUT2D eigenvalue weighted by molar-refractivity contribution is -0.145. The molecule has 0 unspecified atom stereocenters. The van der Waals surface area contributed by atoms with Crippen LogP contribution in [0.1, 0.15) is 25.7 Å². The van der Waals surface area contributed by atoms with Crippen molar-refractivity contribution in [3.05, 3.63) is 0 Å². The van der Waals surface area contributed by atoms with E-state index in [0.717, 1.165) is 25.8 Å². The molecule has 0 aliphatic heterocycles. The molecular formula is C9H18F3NO. The average molecular weight is 213 g/mol. The molecule has 0 aliphatic rings. The second-order valence-electron chi connectivity index (χ2n) is 3.14. The van der Waals surface area contributed by atoms with Gasteiger partial charge in [-0.05, 0) is 32.9 Å². The minimum absolute atomic E-state index is 0.213. The van der Waals surface area contributed by atoms with Crippen molar-refractivity contribution in [2.45, 2.75) is 31.9 Å². The van der Waals surface area contributed by atoms with Gasteiger partial charge in [0.1, 0.15) is 0 Å². The summed E-state index contributed by atoms with van der Waals surface area (Å²) in [5.41, 5.74) is 0. The van der Waals surface area contributed by atoms with Crippen molar-refractivity contribution in [3.63, 3.8) is 0 Å². The van der Waals surface area contributed by atoms with E-state index < -0.39 is 12.6 Å². The van der Waals surface area contributed by atoms with Crippen molar-refractivity contribution in [3.8, 4) is 0 Å². The van der Waals surface area contributed by atoms with Crippen molar-refractivity contribution in [1.82, 2.24) is 5.32 Å². The molecule has 0 aromatic carbocycles. The van der Waals surface area contributed by atoms with Gasteiger partial charge < -0.3 is 10.1 Å². The topological polar surface area (TPSA) is 21.3 Å². The number of unbranched alkanes of at least 4 members (excludes halogenated alkanes) is 2. The van der Waals surface area contributed by atoms with Gasteiger partial charge in [0, 0.05) is 6.61 Å². The Kier molecular flexibility index (Phi) is 7.89. The van der Waals surface area contributed by atoms with Crippen molar-refractivity contribution in [2.75, 3.05) is 26.8 Å². The number of alkyl halides is 3. The standard InChI is InChI=1S/C9H18F3NO/c1-13-6-3-2-4-7-14-8-5-9(10,11)12/h13H,2-8H2,1H3. The number of rotatable bonds is 8. The van der Waals surface area contributed by atoms with Gasteiger partial charge in [0.2, 0.25) is 0 Å². The van der Waals surface area contributed by atoms with Crippen molar-refractivity contribution >= 4 is 0 Å². The Morgan fingerprint density at radius 1 is 1.07 bits per heavy atom. The zero-order valence-electron chi connectivity index (χ0n) is 8.49. The minimum atomic E-state index is -4.09. The molecule has 5 heteroatoms. The summed E-state index contributed by atoms with van der Waals surface area (Å²) in [6.45, 7) is 1.16. The van der Waals surface area contributed by atoms with Crippen molar-refractivity contribution < 1.29 is 17.9 Å². The molecule has 14 heavy (non-hydrogen) atoms. The minimum Gasteiger partial charge on any atom is -0.381 e. The van der Waals surface area contributed by atoms with E-state index in [2.05, 4.69) is 5.32 Å². The molecule has 2 nitrogen and oxygen atoms in total. The van der Waals surface area contributed by atoms with Crippen LogP contribution < -0.4 is 5.32 Å². The molecule has 0 saturated heterocycles. The van der Waals surface area contributed by atoms with Gasteiger partial charge in [-0.1, -0.05) is 0 Å². The fourth-order valence-electron chi connectivity index (χ4n) is 0.973. The highest BCUT2D eigenvalue weighted by Crippen LogP contribution is 2.18. The Labute approximate surface area is 82.8 Å². The smallest absolute Gasteiger partial charge is 0.381 e. The molecule has 0 aromatic heterocycles. The van der Waals surface area contributed by atoms with Crippen LogP contribution in [0.25, 0.3) is 0 Å². The molecule has 0 spiro atoms. The third-order valence-electron chi connectivity index (χ3n) is 1.75. The van der Waals surface area contributed by atoms with Gasteiger partial charge in [-0.3, -0.25) is 0 Å². The van der Waals surface area contributed by atoms with Gasteiger partial charge in [-0.2, -0.15) is 13.2 Å². The van der Waals surface area contributed by atoms with Gasteiger partial charge in [0.15, 0.2) is 0 Å². The molecule has 0 aromatic rings. The van der Waals surface area contributed by atoms with Crippen molar-refractivity contribution in [2.24, 2.45) is 0 Å². The third-order valence-corrected chi connectivity index (χ3v) is 1.75. The Morgan fingerprint density at radius 2 is 1.79 bits per heavy atom. The van der Waals surface area contributed by atoms with E-state index in [-0.39, 0.29) is 6.61 Å². The number of nitrogens with one attached hydrogen (secondary N) is 1. The van der Waals surface area contributed by atoms with E-state index in [1.165, 1.54) is 0 Å². The van der Waals surface area contributed by atoms with E-state index in [1.807, 2.05) is 7.05 Å². The van der Waals surface area contributed by atoms with Crippen molar-refractivity contribution in [1.29, 1.82) is 0 Å². The maximum Gasteiger partial charge on any atom is 0.391 e. The number of ether oxygens (including phenoxy) is 1. The summed E-state index contributed by atoms with van der Waals surface area (Å²) >= 11 is 0. The van der Waals surface area contributed by atoms with Crippen LogP contribution in [0.15, 0.2) is 0 Å². The first kappa shape index (κ1) is 13.7. The predicted molar refractivity (Wildman–Crippen MR) is 49.3 cm³/mol. The summed E-state index contributed by atoms with van der Waals surface area (Å²) in [6.07, 6.45) is -2.07. The maximum atomic E-state index is 11.6. The number of halogens is 3. The first-order valence-corrected chi connectivity index (χ1v) is 4.85. The Hall–Kier alpha value is -0.290. The zero-order valence-corrected chi connectivity index (χ0v) is 8.49. The van der Waals surface area contributed by atoms with Gasteiger partial charge >= 0.3 is 6.18 Å². The summed E-state index contributed by atoms with van der Waals surface area (Å²) in [5.74, 6) is 0. The quantitative estimate of drug-likeness (QED) is 0.625. The summed E-state index contributed by atoms with van der Waals surface area (Å²) in [5, 5.41) is 3.00. The second-order valence-corrected chi connectivity index (χ2v) is 3.14. The largest absolute Gasteiger partial charge is 0.391 e. The molecule has 0 bridgehead atoms.